The van der Waals surface area contributed by atoms with Gasteiger partial charge < -0.3 is 14.3 Å². The number of hydrogen-bond acceptors (Lipinski definition) is 7. The number of amides is 1. The van der Waals surface area contributed by atoms with Crippen LogP contribution in [0.5, 0.6) is 0 Å². The highest BCUT2D eigenvalue weighted by molar-refractivity contribution is 5.79. The van der Waals surface area contributed by atoms with Gasteiger partial charge in [0.25, 0.3) is 0 Å². The van der Waals surface area contributed by atoms with Crippen LogP contribution in [0.15, 0.2) is 16.7 Å². The van der Waals surface area contributed by atoms with Crippen LogP contribution in [0.1, 0.15) is 43.6 Å². The van der Waals surface area contributed by atoms with Crippen molar-refractivity contribution in [3.8, 4) is 0 Å². The quantitative estimate of drug-likeness (QED) is 0.664. The van der Waals surface area contributed by atoms with E-state index >= 15 is 0 Å². The molecule has 9 nitrogen and oxygen atoms in total. The predicted molar refractivity (Wildman–Crippen MR) is 108 cm³/mol. The molecule has 3 aromatic rings. The number of nitrogens with zero attached hydrogens (tertiary/aromatic N) is 7. The third kappa shape index (κ3) is 3.45. The highest BCUT2D eigenvalue weighted by Crippen LogP contribution is 2.25. The number of hydrogen-bond donors (Lipinski definition) is 0. The Kier molecular flexibility index (Phi) is 4.55. The Labute approximate surface area is 169 Å². The van der Waals surface area contributed by atoms with Gasteiger partial charge in [0.2, 0.25) is 5.91 Å². The zero-order chi connectivity index (χ0) is 20.9. The van der Waals surface area contributed by atoms with Gasteiger partial charge in [-0.2, -0.15) is 4.52 Å². The van der Waals surface area contributed by atoms with E-state index in [-0.39, 0.29) is 17.4 Å². The second-order valence-corrected chi connectivity index (χ2v) is 8.78. The SMILES string of the molecule is Cc1noc(C)c1CC(=O)N(C)C1CN(c2ccc3nnc(C(C)(C)C)n3n2)C1. The molecule has 0 spiro atoms. The summed E-state index contributed by atoms with van der Waals surface area (Å²) in [5.41, 5.74) is 2.25. The molecule has 0 saturated carbocycles. The summed E-state index contributed by atoms with van der Waals surface area (Å²) >= 11 is 0. The highest BCUT2D eigenvalue weighted by Gasteiger charge is 2.34. The molecule has 4 heterocycles. The molecule has 0 N–H and O–H groups in total. The van der Waals surface area contributed by atoms with E-state index in [0.29, 0.717) is 12.2 Å². The number of aryl methyl sites for hydroxylation is 2. The molecule has 0 aromatic carbocycles. The maximum absolute atomic E-state index is 12.7. The molecule has 1 aliphatic heterocycles. The van der Waals surface area contributed by atoms with Crippen molar-refractivity contribution < 1.29 is 9.32 Å². The number of carbonyl (C=O) groups is 1. The van der Waals surface area contributed by atoms with Crippen LogP contribution in [0, 0.1) is 13.8 Å². The summed E-state index contributed by atoms with van der Waals surface area (Å²) in [5.74, 6) is 2.48. The fourth-order valence-corrected chi connectivity index (χ4v) is 3.54. The Morgan fingerprint density at radius 2 is 1.97 bits per heavy atom. The number of anilines is 1. The third-order valence-electron chi connectivity index (χ3n) is 5.56. The van der Waals surface area contributed by atoms with E-state index in [1.165, 1.54) is 0 Å². The van der Waals surface area contributed by atoms with Crippen molar-refractivity contribution in [2.45, 2.75) is 52.5 Å². The molecule has 1 fully saturated rings. The van der Waals surface area contributed by atoms with Crippen molar-refractivity contribution in [1.29, 1.82) is 0 Å². The minimum atomic E-state index is -0.145. The third-order valence-corrected chi connectivity index (χ3v) is 5.56. The topological polar surface area (TPSA) is 92.7 Å². The molecule has 9 heteroatoms. The maximum Gasteiger partial charge on any atom is 0.227 e. The molecule has 1 amide bonds. The molecule has 4 rings (SSSR count). The second-order valence-electron chi connectivity index (χ2n) is 8.78. The van der Waals surface area contributed by atoms with E-state index < -0.39 is 0 Å². The van der Waals surface area contributed by atoms with E-state index in [1.54, 1.807) is 0 Å². The number of likely N-dealkylation sites (N-methyl/N-ethyl adjacent to an activating group) is 1. The van der Waals surface area contributed by atoms with E-state index in [0.717, 1.165) is 41.6 Å². The minimum absolute atomic E-state index is 0.0706. The second kappa shape index (κ2) is 6.82. The number of aromatic nitrogens is 5. The predicted octanol–water partition coefficient (Wildman–Crippen LogP) is 1.92. The van der Waals surface area contributed by atoms with Crippen molar-refractivity contribution in [2.24, 2.45) is 0 Å². The summed E-state index contributed by atoms with van der Waals surface area (Å²) in [6, 6.07) is 4.05. The molecule has 0 aliphatic carbocycles. The lowest BCUT2D eigenvalue weighted by molar-refractivity contribution is -0.131. The van der Waals surface area contributed by atoms with Crippen molar-refractivity contribution >= 4 is 17.4 Å². The summed E-state index contributed by atoms with van der Waals surface area (Å²) in [7, 11) is 1.86. The van der Waals surface area contributed by atoms with Gasteiger partial charge in [0.1, 0.15) is 11.6 Å². The van der Waals surface area contributed by atoms with E-state index in [1.807, 2.05) is 42.4 Å². The van der Waals surface area contributed by atoms with E-state index in [4.69, 9.17) is 9.62 Å². The average Bonchev–Trinajstić information content (AvgIpc) is 3.18. The standard InChI is InChI=1S/C20H27N7O2/c1-12-15(13(2)29-24-12)9-18(28)25(6)14-10-26(11-14)17-8-7-16-21-22-19(20(3,4)5)27(16)23-17/h7-8,14H,9-11H2,1-6H3. The number of carbonyl (C=O) groups excluding carboxylic acids is 1. The fourth-order valence-electron chi connectivity index (χ4n) is 3.54. The largest absolute Gasteiger partial charge is 0.361 e. The minimum Gasteiger partial charge on any atom is -0.361 e. The first-order valence-corrected chi connectivity index (χ1v) is 9.80. The molecular formula is C20H27N7O2. The normalized spacial score (nSPS) is 15.0. The molecule has 3 aromatic heterocycles. The number of fused-ring (bicyclic) bond motifs is 1. The lowest BCUT2D eigenvalue weighted by atomic mass is 9.96. The van der Waals surface area contributed by atoms with Gasteiger partial charge in [-0.15, -0.1) is 15.3 Å². The van der Waals surface area contributed by atoms with Crippen LogP contribution >= 0.6 is 0 Å². The van der Waals surface area contributed by atoms with Gasteiger partial charge in [-0.05, 0) is 26.0 Å². The first kappa shape index (κ1) is 19.4. The lowest BCUT2D eigenvalue weighted by Crippen LogP contribution is -2.60. The van der Waals surface area contributed by atoms with Gasteiger partial charge in [-0.1, -0.05) is 25.9 Å². The smallest absolute Gasteiger partial charge is 0.227 e. The van der Waals surface area contributed by atoms with Gasteiger partial charge in [0.05, 0.1) is 18.2 Å². The molecule has 0 atom stereocenters. The molecular weight excluding hydrogens is 370 g/mol. The first-order chi connectivity index (χ1) is 13.6. The van der Waals surface area contributed by atoms with Crippen molar-refractivity contribution in [3.05, 3.63) is 35.0 Å². The van der Waals surface area contributed by atoms with E-state index in [2.05, 4.69) is 41.0 Å². The zero-order valence-electron chi connectivity index (χ0n) is 17.8. The maximum atomic E-state index is 12.7. The van der Waals surface area contributed by atoms with Crippen molar-refractivity contribution in [2.75, 3.05) is 25.0 Å². The van der Waals surface area contributed by atoms with Crippen LogP contribution in [0.4, 0.5) is 5.82 Å². The molecule has 0 bridgehead atoms. The lowest BCUT2D eigenvalue weighted by Gasteiger charge is -2.44. The molecule has 1 aliphatic rings. The zero-order valence-corrected chi connectivity index (χ0v) is 17.8. The summed E-state index contributed by atoms with van der Waals surface area (Å²) in [4.78, 5) is 16.7. The average molecular weight is 397 g/mol. The number of rotatable bonds is 4. The van der Waals surface area contributed by atoms with Gasteiger partial charge in [-0.25, -0.2) is 0 Å². The monoisotopic (exact) mass is 397 g/mol. The summed E-state index contributed by atoms with van der Waals surface area (Å²) < 4.78 is 6.98. The van der Waals surface area contributed by atoms with Crippen molar-refractivity contribution in [3.63, 3.8) is 0 Å². The van der Waals surface area contributed by atoms with Crippen LogP contribution in [0.2, 0.25) is 0 Å². The van der Waals surface area contributed by atoms with Gasteiger partial charge in [0, 0.05) is 31.1 Å². The van der Waals surface area contributed by atoms with Crippen LogP contribution in [0.25, 0.3) is 5.65 Å². The molecule has 0 unspecified atom stereocenters. The van der Waals surface area contributed by atoms with Crippen LogP contribution < -0.4 is 4.90 Å². The Hall–Kier alpha value is -2.97. The summed E-state index contributed by atoms with van der Waals surface area (Å²) in [5, 5.41) is 17.2. The Balaban J connectivity index is 1.43. The molecule has 154 valence electrons. The summed E-state index contributed by atoms with van der Waals surface area (Å²) in [6.07, 6.45) is 0.314. The molecule has 29 heavy (non-hydrogen) atoms. The first-order valence-electron chi connectivity index (χ1n) is 9.80. The Morgan fingerprint density at radius 1 is 1.24 bits per heavy atom. The van der Waals surface area contributed by atoms with Crippen LogP contribution in [-0.4, -0.2) is 62.0 Å². The van der Waals surface area contributed by atoms with Gasteiger partial charge in [-0.3, -0.25) is 4.79 Å². The van der Waals surface area contributed by atoms with Gasteiger partial charge in [0.15, 0.2) is 11.5 Å². The van der Waals surface area contributed by atoms with E-state index in [9.17, 15) is 4.79 Å². The van der Waals surface area contributed by atoms with Crippen LogP contribution in [-0.2, 0) is 16.6 Å². The highest BCUT2D eigenvalue weighted by atomic mass is 16.5. The molecule has 1 saturated heterocycles. The molecule has 0 radical (unpaired) electrons. The summed E-state index contributed by atoms with van der Waals surface area (Å²) in [6.45, 7) is 11.5. The fraction of sp³-hybridized carbons (Fsp3) is 0.550. The van der Waals surface area contributed by atoms with Crippen molar-refractivity contribution in [1.82, 2.24) is 29.9 Å². The van der Waals surface area contributed by atoms with Crippen LogP contribution in [0.3, 0.4) is 0 Å². The Bertz CT molecular complexity index is 1040. The van der Waals surface area contributed by atoms with Gasteiger partial charge >= 0.3 is 0 Å². The Morgan fingerprint density at radius 3 is 2.59 bits per heavy atom.